The predicted octanol–water partition coefficient (Wildman–Crippen LogP) is 3.35. The average molecular weight is 365 g/mol. The van der Waals surface area contributed by atoms with Crippen LogP contribution in [0.2, 0.25) is 0 Å². The number of halogens is 1. The highest BCUT2D eigenvalue weighted by molar-refractivity contribution is 7.21. The first kappa shape index (κ1) is 17.8. The van der Waals surface area contributed by atoms with Crippen LogP contribution in [0.3, 0.4) is 0 Å². The molecule has 5 nitrogen and oxygen atoms in total. The zero-order chi connectivity index (χ0) is 18.0. The molecule has 0 aliphatic carbocycles. The number of methoxy groups -OCH3 is 1. The van der Waals surface area contributed by atoms with Crippen LogP contribution in [0.5, 0.6) is 0 Å². The van der Waals surface area contributed by atoms with Gasteiger partial charge in [-0.2, -0.15) is 0 Å². The number of benzene rings is 1. The number of rotatable bonds is 5. The number of hydrogen-bond acceptors (Lipinski definition) is 5. The van der Waals surface area contributed by atoms with Crippen molar-refractivity contribution in [1.29, 1.82) is 0 Å². The lowest BCUT2D eigenvalue weighted by Gasteiger charge is -2.20. The molecule has 0 unspecified atom stereocenters. The van der Waals surface area contributed by atoms with Gasteiger partial charge < -0.3 is 14.4 Å². The van der Waals surface area contributed by atoms with E-state index in [4.69, 9.17) is 9.47 Å². The van der Waals surface area contributed by atoms with E-state index in [1.54, 1.807) is 24.0 Å². The quantitative estimate of drug-likeness (QED) is 0.763. The topological polar surface area (TPSA) is 55.8 Å². The minimum absolute atomic E-state index is 0.0970. The summed E-state index contributed by atoms with van der Waals surface area (Å²) in [4.78, 5) is 26.9. The summed E-state index contributed by atoms with van der Waals surface area (Å²) >= 11 is 1.15. The number of carbonyl (C=O) groups is 2. The highest BCUT2D eigenvalue weighted by atomic mass is 32.1. The highest BCUT2D eigenvalue weighted by Crippen LogP contribution is 2.34. The van der Waals surface area contributed by atoms with Gasteiger partial charge in [-0.05, 0) is 31.9 Å². The Morgan fingerprint density at radius 3 is 2.72 bits per heavy atom. The second-order valence-corrected chi connectivity index (χ2v) is 7.09. The molecule has 7 heteroatoms. The van der Waals surface area contributed by atoms with Crippen molar-refractivity contribution in [1.82, 2.24) is 4.90 Å². The number of likely N-dealkylation sites (tertiary alicyclic amines) is 1. The molecule has 3 rings (SSSR count). The molecule has 1 atom stereocenters. The normalized spacial score (nSPS) is 15.6. The van der Waals surface area contributed by atoms with Crippen LogP contribution in [-0.2, 0) is 20.9 Å². The van der Waals surface area contributed by atoms with Crippen LogP contribution in [0.4, 0.5) is 4.39 Å². The van der Waals surface area contributed by atoms with E-state index in [0.29, 0.717) is 28.7 Å². The Bertz CT molecular complexity index is 798. The van der Waals surface area contributed by atoms with Gasteiger partial charge >= 0.3 is 5.97 Å². The molecule has 1 saturated heterocycles. The van der Waals surface area contributed by atoms with Crippen LogP contribution in [0, 0.1) is 5.82 Å². The standard InChI is InChI=1S/C18H20FNO4S/c1-11(17(21)20-8-3-4-9-20)24-18(22)16-12(10-23-2)15-13(19)6-5-7-14(15)25-16/h5-7,11H,3-4,8-10H2,1-2H3/t11-/m0/s1. The Hall–Kier alpha value is -1.99. The SMILES string of the molecule is COCc1c(C(=O)O[C@@H](C)C(=O)N2CCCC2)sc2cccc(F)c12. The number of fused-ring (bicyclic) bond motifs is 1. The van der Waals surface area contributed by atoms with Crippen LogP contribution in [0.1, 0.15) is 35.0 Å². The molecule has 1 amide bonds. The number of thiophene rings is 1. The summed E-state index contributed by atoms with van der Waals surface area (Å²) in [6.07, 6.45) is 1.08. The predicted molar refractivity (Wildman–Crippen MR) is 93.2 cm³/mol. The van der Waals surface area contributed by atoms with E-state index < -0.39 is 17.9 Å². The van der Waals surface area contributed by atoms with Crippen LogP contribution >= 0.6 is 11.3 Å². The van der Waals surface area contributed by atoms with E-state index in [2.05, 4.69) is 0 Å². The van der Waals surface area contributed by atoms with Crippen molar-refractivity contribution in [3.63, 3.8) is 0 Å². The van der Waals surface area contributed by atoms with Crippen molar-refractivity contribution in [3.8, 4) is 0 Å². The molecule has 1 aliphatic rings. The molecule has 0 radical (unpaired) electrons. The summed E-state index contributed by atoms with van der Waals surface area (Å²) in [5, 5.41) is 0.375. The van der Waals surface area contributed by atoms with Crippen LogP contribution in [0.25, 0.3) is 10.1 Å². The fourth-order valence-electron chi connectivity index (χ4n) is 3.07. The van der Waals surface area contributed by atoms with Crippen LogP contribution < -0.4 is 0 Å². The molecule has 25 heavy (non-hydrogen) atoms. The van der Waals surface area contributed by atoms with E-state index in [9.17, 15) is 14.0 Å². The summed E-state index contributed by atoms with van der Waals surface area (Å²) in [5.74, 6) is -1.21. The molecule has 0 N–H and O–H groups in total. The number of carbonyl (C=O) groups excluding carboxylic acids is 2. The largest absolute Gasteiger partial charge is 0.448 e. The van der Waals surface area contributed by atoms with Gasteiger partial charge in [-0.15, -0.1) is 11.3 Å². The summed E-state index contributed by atoms with van der Waals surface area (Å²) in [7, 11) is 1.49. The third-order valence-electron chi connectivity index (χ3n) is 4.29. The molecule has 0 bridgehead atoms. The summed E-state index contributed by atoms with van der Waals surface area (Å²) in [6, 6.07) is 4.69. The van der Waals surface area contributed by atoms with Gasteiger partial charge in [-0.25, -0.2) is 9.18 Å². The maximum absolute atomic E-state index is 14.2. The Morgan fingerprint density at radius 1 is 1.32 bits per heavy atom. The second-order valence-electron chi connectivity index (χ2n) is 6.04. The van der Waals surface area contributed by atoms with Gasteiger partial charge in [0.2, 0.25) is 0 Å². The first-order valence-corrected chi connectivity index (χ1v) is 9.03. The van der Waals surface area contributed by atoms with E-state index in [1.807, 2.05) is 0 Å². The van der Waals surface area contributed by atoms with E-state index >= 15 is 0 Å². The van der Waals surface area contributed by atoms with Gasteiger partial charge in [0.15, 0.2) is 6.10 Å². The van der Waals surface area contributed by atoms with Crippen molar-refractivity contribution in [3.05, 3.63) is 34.5 Å². The number of esters is 1. The zero-order valence-corrected chi connectivity index (χ0v) is 15.0. The Balaban J connectivity index is 1.85. The van der Waals surface area contributed by atoms with E-state index in [1.165, 1.54) is 13.2 Å². The third kappa shape index (κ3) is 3.52. The van der Waals surface area contributed by atoms with Gasteiger partial charge in [0.1, 0.15) is 10.7 Å². The molecule has 1 aliphatic heterocycles. The molecule has 0 saturated carbocycles. The monoisotopic (exact) mass is 365 g/mol. The van der Waals surface area contributed by atoms with Crippen molar-refractivity contribution < 1.29 is 23.5 Å². The molecule has 134 valence electrons. The fraction of sp³-hybridized carbons (Fsp3) is 0.444. The molecular formula is C18H20FNO4S. The number of hydrogen-bond donors (Lipinski definition) is 0. The zero-order valence-electron chi connectivity index (χ0n) is 14.2. The second kappa shape index (κ2) is 7.49. The fourth-order valence-corrected chi connectivity index (χ4v) is 4.18. The van der Waals surface area contributed by atoms with Gasteiger partial charge in [0, 0.05) is 35.8 Å². The highest BCUT2D eigenvalue weighted by Gasteiger charge is 2.28. The first-order chi connectivity index (χ1) is 12.0. The number of amides is 1. The third-order valence-corrected chi connectivity index (χ3v) is 5.46. The summed E-state index contributed by atoms with van der Waals surface area (Å²) in [6.45, 7) is 3.07. The Morgan fingerprint density at radius 2 is 2.04 bits per heavy atom. The van der Waals surface area contributed by atoms with Gasteiger partial charge in [0.05, 0.1) is 6.61 Å². The van der Waals surface area contributed by atoms with Crippen LogP contribution in [0.15, 0.2) is 18.2 Å². The lowest BCUT2D eigenvalue weighted by molar-refractivity contribution is -0.138. The smallest absolute Gasteiger partial charge is 0.349 e. The molecule has 1 aromatic carbocycles. The van der Waals surface area contributed by atoms with Gasteiger partial charge in [-0.3, -0.25) is 4.79 Å². The number of ether oxygens (including phenoxy) is 2. The molecule has 2 heterocycles. The maximum Gasteiger partial charge on any atom is 0.349 e. The Labute approximate surface area is 149 Å². The Kier molecular flexibility index (Phi) is 5.34. The molecule has 2 aromatic rings. The van der Waals surface area contributed by atoms with E-state index in [-0.39, 0.29) is 17.4 Å². The van der Waals surface area contributed by atoms with Crippen LogP contribution in [-0.4, -0.2) is 43.1 Å². The molecular weight excluding hydrogens is 345 g/mol. The number of nitrogens with zero attached hydrogens (tertiary/aromatic N) is 1. The van der Waals surface area contributed by atoms with Crippen molar-refractivity contribution in [2.75, 3.05) is 20.2 Å². The van der Waals surface area contributed by atoms with Gasteiger partial charge in [0.25, 0.3) is 5.91 Å². The van der Waals surface area contributed by atoms with Crippen molar-refractivity contribution in [2.24, 2.45) is 0 Å². The lowest BCUT2D eigenvalue weighted by atomic mass is 10.1. The molecule has 0 spiro atoms. The minimum Gasteiger partial charge on any atom is -0.448 e. The van der Waals surface area contributed by atoms with Crippen molar-refractivity contribution in [2.45, 2.75) is 32.5 Å². The molecule has 1 aromatic heterocycles. The van der Waals surface area contributed by atoms with Crippen molar-refractivity contribution >= 4 is 33.3 Å². The van der Waals surface area contributed by atoms with Gasteiger partial charge in [-0.1, -0.05) is 6.07 Å². The average Bonchev–Trinajstić information content (AvgIpc) is 3.23. The summed E-state index contributed by atoms with van der Waals surface area (Å²) in [5.41, 5.74) is 0.464. The first-order valence-electron chi connectivity index (χ1n) is 8.21. The summed E-state index contributed by atoms with van der Waals surface area (Å²) < 4.78 is 25.3. The van der Waals surface area contributed by atoms with E-state index in [0.717, 1.165) is 24.2 Å². The lowest BCUT2D eigenvalue weighted by Crippen LogP contribution is -2.38. The maximum atomic E-state index is 14.2. The molecule has 1 fully saturated rings. The minimum atomic E-state index is -0.865.